The van der Waals surface area contributed by atoms with Gasteiger partial charge in [-0.2, -0.15) is 4.79 Å². The molecule has 0 aromatic carbocycles. The van der Waals surface area contributed by atoms with Crippen molar-refractivity contribution in [1.29, 1.82) is 0 Å². The summed E-state index contributed by atoms with van der Waals surface area (Å²) in [6, 6.07) is 0. The number of nitrogens with zero attached hydrogens (tertiary/aromatic N) is 5. The number of rotatable bonds is 5. The van der Waals surface area contributed by atoms with Crippen LogP contribution in [0.5, 0.6) is 0 Å². The van der Waals surface area contributed by atoms with Gasteiger partial charge in [0.15, 0.2) is 5.69 Å². The van der Waals surface area contributed by atoms with E-state index in [0.29, 0.717) is 6.21 Å². The number of aromatic nitrogens is 3. The fraction of sp³-hybridized carbons (Fsp3) is 0.333. The second-order valence-corrected chi connectivity index (χ2v) is 3.14. The monoisotopic (exact) mass is 267 g/mol. The van der Waals surface area contributed by atoms with Gasteiger partial charge in [-0.15, -0.1) is 5.10 Å². The third-order valence-corrected chi connectivity index (χ3v) is 2.00. The van der Waals surface area contributed by atoms with Gasteiger partial charge in [-0.1, -0.05) is 5.21 Å². The van der Waals surface area contributed by atoms with Gasteiger partial charge in [-0.05, 0) is 0 Å². The molecule has 0 unspecified atom stereocenters. The maximum Gasteiger partial charge on any atom is 0.361 e. The standard InChI is InChI=1S/C9H9N5O5/c1-18-8(16)6-7(9(17)19-2)14(13-12-6)4-5(15)3-11-10/h3H,4H2,1-2H3. The first-order valence-electron chi connectivity index (χ1n) is 4.85. The van der Waals surface area contributed by atoms with Gasteiger partial charge >= 0.3 is 18.2 Å². The average Bonchev–Trinajstić information content (AvgIpc) is 2.80. The van der Waals surface area contributed by atoms with E-state index in [1.54, 1.807) is 0 Å². The van der Waals surface area contributed by atoms with Crippen molar-refractivity contribution in [1.82, 2.24) is 15.0 Å². The van der Waals surface area contributed by atoms with Crippen molar-refractivity contribution in [3.8, 4) is 0 Å². The number of esters is 2. The molecule has 0 amide bonds. The average molecular weight is 267 g/mol. The molecular formula is C9H9N5O5. The lowest BCUT2D eigenvalue weighted by Crippen LogP contribution is -2.20. The van der Waals surface area contributed by atoms with Crippen molar-refractivity contribution in [3.63, 3.8) is 0 Å². The number of ether oxygens (including phenoxy) is 2. The van der Waals surface area contributed by atoms with E-state index in [4.69, 9.17) is 5.53 Å². The Morgan fingerprint density at radius 1 is 1.32 bits per heavy atom. The first kappa shape index (κ1) is 14.2. The van der Waals surface area contributed by atoms with Gasteiger partial charge in [0.25, 0.3) is 5.78 Å². The molecule has 1 aromatic heterocycles. The Morgan fingerprint density at radius 3 is 2.47 bits per heavy atom. The molecule has 0 spiro atoms. The molecule has 0 bridgehead atoms. The summed E-state index contributed by atoms with van der Waals surface area (Å²) >= 11 is 0. The van der Waals surface area contributed by atoms with Crippen molar-refractivity contribution in [2.24, 2.45) is 0 Å². The Bertz CT molecular complexity index is 572. The van der Waals surface area contributed by atoms with Crippen LogP contribution in [-0.4, -0.2) is 57.9 Å². The molecule has 0 aliphatic rings. The van der Waals surface area contributed by atoms with Gasteiger partial charge < -0.3 is 15.0 Å². The zero-order valence-electron chi connectivity index (χ0n) is 10.1. The topological polar surface area (TPSA) is 137 Å². The molecule has 0 fully saturated rings. The largest absolute Gasteiger partial charge is 0.464 e. The lowest BCUT2D eigenvalue weighted by atomic mass is 10.3. The summed E-state index contributed by atoms with van der Waals surface area (Å²) in [5, 5.41) is 6.92. The molecule has 0 N–H and O–H groups in total. The Kier molecular flexibility index (Phi) is 4.61. The smallest absolute Gasteiger partial charge is 0.361 e. The third kappa shape index (κ3) is 3.07. The van der Waals surface area contributed by atoms with E-state index in [0.717, 1.165) is 18.9 Å². The summed E-state index contributed by atoms with van der Waals surface area (Å²) in [5.74, 6) is -2.46. The molecule has 1 heterocycles. The molecule has 0 saturated carbocycles. The molecule has 0 atom stereocenters. The number of methoxy groups -OCH3 is 2. The van der Waals surface area contributed by atoms with Crippen LogP contribution in [0.2, 0.25) is 0 Å². The Morgan fingerprint density at radius 2 is 1.95 bits per heavy atom. The third-order valence-electron chi connectivity index (χ3n) is 2.00. The normalized spacial score (nSPS) is 9.37. The molecule has 0 aliphatic carbocycles. The Labute approximate surface area is 106 Å². The van der Waals surface area contributed by atoms with Crippen molar-refractivity contribution in [2.75, 3.05) is 14.2 Å². The molecule has 0 radical (unpaired) electrons. The highest BCUT2D eigenvalue weighted by Gasteiger charge is 2.27. The van der Waals surface area contributed by atoms with Crippen LogP contribution in [0.4, 0.5) is 0 Å². The second kappa shape index (κ2) is 6.17. The van der Waals surface area contributed by atoms with Gasteiger partial charge in [0, 0.05) is 0 Å². The predicted molar refractivity (Wildman–Crippen MR) is 57.4 cm³/mol. The maximum absolute atomic E-state index is 11.6. The summed E-state index contributed by atoms with van der Waals surface area (Å²) in [6.07, 6.45) is 0.626. The van der Waals surface area contributed by atoms with Crippen LogP contribution in [0.1, 0.15) is 21.0 Å². The van der Waals surface area contributed by atoms with Crippen LogP contribution >= 0.6 is 0 Å². The molecule has 0 aliphatic heterocycles. The minimum atomic E-state index is -0.904. The van der Waals surface area contributed by atoms with Crippen molar-refractivity contribution in [2.45, 2.75) is 6.54 Å². The molecule has 10 heteroatoms. The lowest BCUT2D eigenvalue weighted by molar-refractivity contribution is -0.116. The summed E-state index contributed by atoms with van der Waals surface area (Å²) in [7, 11) is 2.20. The van der Waals surface area contributed by atoms with Crippen molar-refractivity contribution in [3.05, 3.63) is 16.9 Å². The molecule has 1 rings (SSSR count). The highest BCUT2D eigenvalue weighted by molar-refractivity contribution is 6.25. The summed E-state index contributed by atoms with van der Waals surface area (Å²) in [6.45, 7) is -0.446. The van der Waals surface area contributed by atoms with E-state index in [2.05, 4.69) is 24.6 Å². The number of hydrogen-bond donors (Lipinski definition) is 0. The number of Topliss-reactive ketones (excluding diaryl/α,β-unsaturated/α-hetero) is 1. The quantitative estimate of drug-likeness (QED) is 0.280. The lowest BCUT2D eigenvalue weighted by Gasteiger charge is -2.02. The molecule has 100 valence electrons. The molecule has 19 heavy (non-hydrogen) atoms. The van der Waals surface area contributed by atoms with Crippen LogP contribution in [-0.2, 0) is 20.8 Å². The Balaban J connectivity index is 3.21. The highest BCUT2D eigenvalue weighted by atomic mass is 16.5. The highest BCUT2D eigenvalue weighted by Crippen LogP contribution is 2.08. The SMILES string of the molecule is COC(=O)c1nnn(CC(=O)C=[N+]=[N-])c1C(=O)OC. The first-order valence-corrected chi connectivity index (χ1v) is 4.85. The van der Waals surface area contributed by atoms with Gasteiger partial charge in [0.2, 0.25) is 5.69 Å². The van der Waals surface area contributed by atoms with Gasteiger partial charge in [0.05, 0.1) is 14.2 Å². The van der Waals surface area contributed by atoms with Gasteiger partial charge in [-0.3, -0.25) is 4.79 Å². The molecule has 1 aromatic rings. The zero-order valence-corrected chi connectivity index (χ0v) is 10.1. The summed E-state index contributed by atoms with van der Waals surface area (Å²) in [5.41, 5.74) is 7.51. The summed E-state index contributed by atoms with van der Waals surface area (Å²) < 4.78 is 9.74. The van der Waals surface area contributed by atoms with Crippen molar-refractivity contribution >= 4 is 23.9 Å². The van der Waals surface area contributed by atoms with E-state index < -0.39 is 24.3 Å². The number of carbonyl (C=O) groups is 3. The number of ketones is 1. The van der Waals surface area contributed by atoms with E-state index in [9.17, 15) is 14.4 Å². The van der Waals surface area contributed by atoms with Gasteiger partial charge in [0.1, 0.15) is 6.54 Å². The van der Waals surface area contributed by atoms with Gasteiger partial charge in [-0.25, -0.2) is 14.3 Å². The minimum absolute atomic E-state index is 0.325. The Hall–Kier alpha value is -2.87. The van der Waals surface area contributed by atoms with Crippen LogP contribution in [0.3, 0.4) is 0 Å². The summed E-state index contributed by atoms with van der Waals surface area (Å²) in [4.78, 5) is 36.7. The molecule has 10 nitrogen and oxygen atoms in total. The van der Waals surface area contributed by atoms with Crippen LogP contribution in [0, 0.1) is 0 Å². The van der Waals surface area contributed by atoms with E-state index >= 15 is 0 Å². The van der Waals surface area contributed by atoms with E-state index in [1.165, 1.54) is 0 Å². The minimum Gasteiger partial charge on any atom is -0.464 e. The number of carbonyl (C=O) groups excluding carboxylic acids is 3. The second-order valence-electron chi connectivity index (χ2n) is 3.14. The first-order chi connectivity index (χ1) is 9.04. The maximum atomic E-state index is 11.6. The molecular weight excluding hydrogens is 258 g/mol. The van der Waals surface area contributed by atoms with Crippen molar-refractivity contribution < 1.29 is 28.6 Å². The zero-order chi connectivity index (χ0) is 14.4. The number of hydrogen-bond acceptors (Lipinski definition) is 7. The van der Waals surface area contributed by atoms with E-state index in [1.807, 2.05) is 0 Å². The fourth-order valence-electron chi connectivity index (χ4n) is 1.21. The molecule has 0 saturated heterocycles. The van der Waals surface area contributed by atoms with Crippen LogP contribution in [0.15, 0.2) is 0 Å². The van der Waals surface area contributed by atoms with E-state index in [-0.39, 0.29) is 11.4 Å². The fourth-order valence-corrected chi connectivity index (χ4v) is 1.21. The van der Waals surface area contributed by atoms with Crippen LogP contribution in [0.25, 0.3) is 5.53 Å². The van der Waals surface area contributed by atoms with Crippen LogP contribution < -0.4 is 0 Å². The predicted octanol–water partition coefficient (Wildman–Crippen LogP) is -1.28.